The van der Waals surface area contributed by atoms with Gasteiger partial charge in [-0.1, -0.05) is 0 Å². The zero-order chi connectivity index (χ0) is 9.19. The number of nitrogens with one attached hydrogen (secondary N) is 1. The van der Waals surface area contributed by atoms with Gasteiger partial charge in [0.15, 0.2) is 0 Å². The Balaban J connectivity index is 2.72. The number of rotatable bonds is 2. The van der Waals surface area contributed by atoms with Crippen LogP contribution in [0.1, 0.15) is 0 Å². The first-order valence-corrected chi connectivity index (χ1v) is 5.69. The molecular weight excluding hydrogens is 180 g/mol. The van der Waals surface area contributed by atoms with E-state index in [2.05, 4.69) is 5.32 Å². The van der Waals surface area contributed by atoms with E-state index in [4.69, 9.17) is 5.11 Å². The summed E-state index contributed by atoms with van der Waals surface area (Å²) in [5.41, 5.74) is 0. The first kappa shape index (κ1) is 9.91. The predicted molar refractivity (Wildman–Crippen MR) is 45.3 cm³/mol. The summed E-state index contributed by atoms with van der Waals surface area (Å²) in [4.78, 5) is 0. The van der Waals surface area contributed by atoms with Crippen LogP contribution < -0.4 is 5.32 Å². The number of nitrogens with zero attached hydrogens (tertiary/aromatic N) is 1. The van der Waals surface area contributed by atoms with Gasteiger partial charge in [0.25, 0.3) is 0 Å². The third kappa shape index (κ3) is 2.16. The van der Waals surface area contributed by atoms with Gasteiger partial charge in [0, 0.05) is 19.6 Å². The van der Waals surface area contributed by atoms with Crippen molar-refractivity contribution in [2.24, 2.45) is 0 Å². The molecule has 0 bridgehead atoms. The molecule has 1 aliphatic rings. The van der Waals surface area contributed by atoms with Gasteiger partial charge in [0.05, 0.1) is 18.9 Å². The first-order valence-electron chi connectivity index (χ1n) is 3.84. The second-order valence-corrected chi connectivity index (χ2v) is 4.85. The molecule has 12 heavy (non-hydrogen) atoms. The fourth-order valence-corrected chi connectivity index (χ4v) is 2.44. The average molecular weight is 194 g/mol. The highest BCUT2D eigenvalue weighted by molar-refractivity contribution is 7.88. The van der Waals surface area contributed by atoms with Crippen molar-refractivity contribution in [3.05, 3.63) is 0 Å². The van der Waals surface area contributed by atoms with E-state index in [0.717, 1.165) is 0 Å². The molecule has 1 heterocycles. The number of hydrogen-bond acceptors (Lipinski definition) is 4. The molecule has 1 saturated heterocycles. The van der Waals surface area contributed by atoms with Crippen molar-refractivity contribution in [3.8, 4) is 0 Å². The summed E-state index contributed by atoms with van der Waals surface area (Å²) >= 11 is 0. The number of piperazine rings is 1. The average Bonchev–Trinajstić information content (AvgIpc) is 2.03. The van der Waals surface area contributed by atoms with E-state index in [9.17, 15) is 8.42 Å². The molecule has 0 unspecified atom stereocenters. The van der Waals surface area contributed by atoms with Gasteiger partial charge >= 0.3 is 0 Å². The third-order valence-electron chi connectivity index (χ3n) is 1.93. The second-order valence-electron chi connectivity index (χ2n) is 2.91. The van der Waals surface area contributed by atoms with Gasteiger partial charge in [-0.25, -0.2) is 8.42 Å². The predicted octanol–water partition coefficient (Wildman–Crippen LogP) is -1.79. The van der Waals surface area contributed by atoms with E-state index in [0.29, 0.717) is 19.6 Å². The molecule has 0 saturated carbocycles. The van der Waals surface area contributed by atoms with Crippen molar-refractivity contribution < 1.29 is 13.5 Å². The lowest BCUT2D eigenvalue weighted by Gasteiger charge is -2.32. The molecule has 1 atom stereocenters. The van der Waals surface area contributed by atoms with E-state index in [1.807, 2.05) is 0 Å². The van der Waals surface area contributed by atoms with Crippen LogP contribution >= 0.6 is 0 Å². The normalized spacial score (nSPS) is 27.3. The van der Waals surface area contributed by atoms with E-state index in [1.165, 1.54) is 10.6 Å². The molecule has 1 rings (SSSR count). The molecule has 0 spiro atoms. The molecule has 0 aliphatic carbocycles. The van der Waals surface area contributed by atoms with Crippen molar-refractivity contribution >= 4 is 10.0 Å². The van der Waals surface area contributed by atoms with Crippen LogP contribution in [0.25, 0.3) is 0 Å². The van der Waals surface area contributed by atoms with Crippen molar-refractivity contribution in [2.75, 3.05) is 32.5 Å². The Morgan fingerprint density at radius 3 is 2.75 bits per heavy atom. The smallest absolute Gasteiger partial charge is 0.211 e. The van der Waals surface area contributed by atoms with Crippen LogP contribution in [0.15, 0.2) is 0 Å². The summed E-state index contributed by atoms with van der Waals surface area (Å²) < 4.78 is 23.6. The van der Waals surface area contributed by atoms with Crippen LogP contribution in [0.5, 0.6) is 0 Å². The Hall–Kier alpha value is -0.170. The maximum Gasteiger partial charge on any atom is 0.211 e. The molecule has 0 aromatic carbocycles. The Labute approximate surface area is 72.4 Å². The summed E-state index contributed by atoms with van der Waals surface area (Å²) in [6, 6.07) is -0.297. The molecule has 5 nitrogen and oxygen atoms in total. The van der Waals surface area contributed by atoms with Crippen molar-refractivity contribution in [3.63, 3.8) is 0 Å². The van der Waals surface area contributed by atoms with Gasteiger partial charge in [-0.3, -0.25) is 0 Å². The third-order valence-corrected chi connectivity index (χ3v) is 3.27. The van der Waals surface area contributed by atoms with Gasteiger partial charge in [-0.2, -0.15) is 4.31 Å². The zero-order valence-corrected chi connectivity index (χ0v) is 7.84. The maximum atomic E-state index is 11.1. The number of hydrogen-bond donors (Lipinski definition) is 2. The first-order chi connectivity index (χ1) is 5.55. The molecule has 72 valence electrons. The van der Waals surface area contributed by atoms with Gasteiger partial charge in [0.2, 0.25) is 10.0 Å². The van der Waals surface area contributed by atoms with E-state index in [1.54, 1.807) is 0 Å². The lowest BCUT2D eigenvalue weighted by molar-refractivity contribution is 0.165. The Kier molecular flexibility index (Phi) is 3.05. The van der Waals surface area contributed by atoms with Gasteiger partial charge in [0.1, 0.15) is 0 Å². The van der Waals surface area contributed by atoms with Gasteiger partial charge in [-0.15, -0.1) is 0 Å². The highest BCUT2D eigenvalue weighted by atomic mass is 32.2. The van der Waals surface area contributed by atoms with Gasteiger partial charge in [-0.05, 0) is 0 Å². The van der Waals surface area contributed by atoms with Gasteiger partial charge < -0.3 is 10.4 Å². The van der Waals surface area contributed by atoms with Crippen LogP contribution in [0, 0.1) is 0 Å². The van der Waals surface area contributed by atoms with Crippen LogP contribution in [-0.2, 0) is 10.0 Å². The molecule has 1 fully saturated rings. The molecule has 2 N–H and O–H groups in total. The SMILES string of the molecule is CS(=O)(=O)N1CCNC[C@@H]1CO. The summed E-state index contributed by atoms with van der Waals surface area (Å²) in [6.07, 6.45) is 1.17. The lowest BCUT2D eigenvalue weighted by atomic mass is 10.2. The fourth-order valence-electron chi connectivity index (χ4n) is 1.33. The summed E-state index contributed by atoms with van der Waals surface area (Å²) in [7, 11) is -3.15. The zero-order valence-electron chi connectivity index (χ0n) is 7.02. The second kappa shape index (κ2) is 3.69. The Morgan fingerprint density at radius 2 is 2.33 bits per heavy atom. The number of aliphatic hydroxyl groups is 1. The number of aliphatic hydroxyl groups excluding tert-OH is 1. The summed E-state index contributed by atoms with van der Waals surface area (Å²) in [5.74, 6) is 0. The quantitative estimate of drug-likeness (QED) is 0.545. The minimum Gasteiger partial charge on any atom is -0.395 e. The van der Waals surface area contributed by atoms with E-state index < -0.39 is 10.0 Å². The topological polar surface area (TPSA) is 69.6 Å². The summed E-state index contributed by atoms with van der Waals surface area (Å²) in [6.45, 7) is 1.51. The Morgan fingerprint density at radius 1 is 1.67 bits per heavy atom. The van der Waals surface area contributed by atoms with Crippen LogP contribution in [-0.4, -0.2) is 56.4 Å². The van der Waals surface area contributed by atoms with Crippen molar-refractivity contribution in [1.82, 2.24) is 9.62 Å². The van der Waals surface area contributed by atoms with Crippen molar-refractivity contribution in [2.45, 2.75) is 6.04 Å². The highest BCUT2D eigenvalue weighted by Gasteiger charge is 2.28. The Bertz CT molecular complexity index is 239. The minimum atomic E-state index is -3.15. The van der Waals surface area contributed by atoms with E-state index >= 15 is 0 Å². The van der Waals surface area contributed by atoms with Crippen LogP contribution in [0.3, 0.4) is 0 Å². The molecule has 0 radical (unpaired) electrons. The largest absolute Gasteiger partial charge is 0.395 e. The highest BCUT2D eigenvalue weighted by Crippen LogP contribution is 2.07. The van der Waals surface area contributed by atoms with Crippen LogP contribution in [0.2, 0.25) is 0 Å². The fraction of sp³-hybridized carbons (Fsp3) is 1.00. The number of sulfonamides is 1. The molecule has 6 heteroatoms. The van der Waals surface area contributed by atoms with E-state index in [-0.39, 0.29) is 12.6 Å². The van der Waals surface area contributed by atoms with Crippen molar-refractivity contribution in [1.29, 1.82) is 0 Å². The standard InChI is InChI=1S/C6H14N2O3S/c1-12(10,11)8-3-2-7-4-6(8)5-9/h6-7,9H,2-5H2,1H3/t6-/m1/s1. The molecular formula is C6H14N2O3S. The lowest BCUT2D eigenvalue weighted by Crippen LogP contribution is -2.54. The monoisotopic (exact) mass is 194 g/mol. The minimum absolute atomic E-state index is 0.125. The summed E-state index contributed by atoms with van der Waals surface area (Å²) in [5, 5.41) is 11.9. The maximum absolute atomic E-state index is 11.1. The molecule has 0 amide bonds. The molecule has 0 aromatic rings. The van der Waals surface area contributed by atoms with Crippen LogP contribution in [0.4, 0.5) is 0 Å². The molecule has 0 aromatic heterocycles. The molecule has 1 aliphatic heterocycles.